The highest BCUT2D eigenvalue weighted by molar-refractivity contribution is 5.93. The average molecular weight is 334 g/mol. The van der Waals surface area contributed by atoms with Crippen molar-refractivity contribution < 1.29 is 14.3 Å². The van der Waals surface area contributed by atoms with Crippen molar-refractivity contribution in [2.24, 2.45) is 0 Å². The highest BCUT2D eigenvalue weighted by Gasteiger charge is 2.11. The first-order valence-corrected chi connectivity index (χ1v) is 7.73. The quantitative estimate of drug-likeness (QED) is 0.686. The minimum Gasteiger partial charge on any atom is -0.497 e. The fraction of sp³-hybridized carbons (Fsp3) is 0.0500. The molecule has 25 heavy (non-hydrogen) atoms. The third-order valence-corrected chi connectivity index (χ3v) is 3.64. The van der Waals surface area contributed by atoms with Crippen molar-refractivity contribution in [1.29, 1.82) is 0 Å². The van der Waals surface area contributed by atoms with Crippen LogP contribution in [-0.2, 0) is 0 Å². The molecule has 0 heterocycles. The SMILES string of the molecule is COc1ccc(OC(=O)Nc2ccc(N)cc2-c2ccccc2)cc1. The van der Waals surface area contributed by atoms with Gasteiger partial charge in [0, 0.05) is 11.3 Å². The largest absolute Gasteiger partial charge is 0.497 e. The van der Waals surface area contributed by atoms with Gasteiger partial charge in [0.2, 0.25) is 0 Å². The summed E-state index contributed by atoms with van der Waals surface area (Å²) in [5.41, 5.74) is 8.91. The molecule has 0 aliphatic rings. The number of nitrogens with one attached hydrogen (secondary N) is 1. The molecule has 0 unspecified atom stereocenters. The number of methoxy groups -OCH3 is 1. The zero-order valence-electron chi connectivity index (χ0n) is 13.7. The van der Waals surface area contributed by atoms with E-state index in [4.69, 9.17) is 15.2 Å². The molecule has 0 saturated heterocycles. The van der Waals surface area contributed by atoms with E-state index in [9.17, 15) is 4.79 Å². The smallest absolute Gasteiger partial charge is 0.417 e. The summed E-state index contributed by atoms with van der Waals surface area (Å²) >= 11 is 0. The van der Waals surface area contributed by atoms with Gasteiger partial charge in [-0.25, -0.2) is 4.79 Å². The van der Waals surface area contributed by atoms with Crippen LogP contribution in [0.3, 0.4) is 0 Å². The van der Waals surface area contributed by atoms with Crippen LogP contribution in [0, 0.1) is 0 Å². The Labute approximate surface area is 146 Å². The van der Waals surface area contributed by atoms with Crippen LogP contribution in [0.1, 0.15) is 0 Å². The molecule has 5 heteroatoms. The highest BCUT2D eigenvalue weighted by Crippen LogP contribution is 2.30. The third-order valence-electron chi connectivity index (χ3n) is 3.64. The Morgan fingerprint density at radius 3 is 2.28 bits per heavy atom. The standard InChI is InChI=1S/C20H18N2O3/c1-24-16-8-10-17(11-9-16)25-20(23)22-19-12-7-15(21)13-18(19)14-5-3-2-4-6-14/h2-13H,21H2,1H3,(H,22,23). The molecule has 0 atom stereocenters. The zero-order chi connectivity index (χ0) is 17.6. The van der Waals surface area contributed by atoms with Gasteiger partial charge < -0.3 is 15.2 Å². The lowest BCUT2D eigenvalue weighted by Crippen LogP contribution is -2.17. The number of benzene rings is 3. The summed E-state index contributed by atoms with van der Waals surface area (Å²) < 4.78 is 10.4. The van der Waals surface area contributed by atoms with Crippen molar-refractivity contribution in [2.75, 3.05) is 18.2 Å². The molecule has 0 saturated carbocycles. The first kappa shape index (κ1) is 16.4. The molecule has 1 amide bonds. The van der Waals surface area contributed by atoms with Gasteiger partial charge in [0.15, 0.2) is 0 Å². The lowest BCUT2D eigenvalue weighted by Gasteiger charge is -2.12. The maximum atomic E-state index is 12.2. The first-order chi connectivity index (χ1) is 12.2. The topological polar surface area (TPSA) is 73.6 Å². The summed E-state index contributed by atoms with van der Waals surface area (Å²) in [4.78, 5) is 12.2. The van der Waals surface area contributed by atoms with Crippen LogP contribution in [0.5, 0.6) is 11.5 Å². The van der Waals surface area contributed by atoms with Crippen molar-refractivity contribution in [2.45, 2.75) is 0 Å². The van der Waals surface area contributed by atoms with Crippen LogP contribution >= 0.6 is 0 Å². The van der Waals surface area contributed by atoms with Gasteiger partial charge in [-0.2, -0.15) is 0 Å². The van der Waals surface area contributed by atoms with Gasteiger partial charge in [0.25, 0.3) is 0 Å². The molecular formula is C20H18N2O3. The van der Waals surface area contributed by atoms with Crippen molar-refractivity contribution in [1.82, 2.24) is 0 Å². The molecule has 3 rings (SSSR count). The molecule has 0 aromatic heterocycles. The molecule has 0 spiro atoms. The second-order valence-electron chi connectivity index (χ2n) is 5.36. The summed E-state index contributed by atoms with van der Waals surface area (Å²) in [5.74, 6) is 1.12. The number of nitrogen functional groups attached to an aromatic ring is 1. The van der Waals surface area contributed by atoms with Gasteiger partial charge in [-0.05, 0) is 48.0 Å². The number of hydrogen-bond acceptors (Lipinski definition) is 4. The molecule has 3 aromatic rings. The number of anilines is 2. The second-order valence-corrected chi connectivity index (χ2v) is 5.36. The maximum Gasteiger partial charge on any atom is 0.417 e. The van der Waals surface area contributed by atoms with Gasteiger partial charge in [-0.1, -0.05) is 30.3 Å². The van der Waals surface area contributed by atoms with Crippen LogP contribution in [0.4, 0.5) is 16.2 Å². The summed E-state index contributed by atoms with van der Waals surface area (Å²) in [5, 5.41) is 2.77. The minimum atomic E-state index is -0.577. The van der Waals surface area contributed by atoms with E-state index in [0.717, 1.165) is 11.1 Å². The molecule has 0 aliphatic carbocycles. The number of carbonyl (C=O) groups is 1. The monoisotopic (exact) mass is 334 g/mol. The van der Waals surface area contributed by atoms with E-state index in [2.05, 4.69) is 5.32 Å². The van der Waals surface area contributed by atoms with Crippen molar-refractivity contribution >= 4 is 17.5 Å². The Kier molecular flexibility index (Phi) is 4.85. The molecule has 126 valence electrons. The lowest BCUT2D eigenvalue weighted by atomic mass is 10.0. The Bertz CT molecular complexity index is 862. The number of nitrogens with two attached hydrogens (primary N) is 1. The van der Waals surface area contributed by atoms with E-state index in [1.54, 1.807) is 43.5 Å². The predicted octanol–water partition coefficient (Wildman–Crippen LogP) is 4.56. The fourth-order valence-electron chi connectivity index (χ4n) is 2.41. The van der Waals surface area contributed by atoms with Crippen LogP contribution in [0.25, 0.3) is 11.1 Å². The lowest BCUT2D eigenvalue weighted by molar-refractivity contribution is 0.215. The summed E-state index contributed by atoms with van der Waals surface area (Å²) in [6.45, 7) is 0. The molecule has 0 fully saturated rings. The third kappa shape index (κ3) is 4.09. The number of ether oxygens (including phenoxy) is 2. The number of carbonyl (C=O) groups excluding carboxylic acids is 1. The fourth-order valence-corrected chi connectivity index (χ4v) is 2.41. The van der Waals surface area contributed by atoms with Crippen LogP contribution < -0.4 is 20.5 Å². The predicted molar refractivity (Wildman–Crippen MR) is 98.9 cm³/mol. The van der Waals surface area contributed by atoms with Crippen molar-refractivity contribution in [3.63, 3.8) is 0 Å². The van der Waals surface area contributed by atoms with Crippen molar-refractivity contribution in [3.8, 4) is 22.6 Å². The van der Waals surface area contributed by atoms with Crippen LogP contribution in [0.15, 0.2) is 72.8 Å². The molecule has 3 N–H and O–H groups in total. The van der Waals surface area contributed by atoms with Gasteiger partial charge in [0.1, 0.15) is 11.5 Å². The summed E-state index contributed by atoms with van der Waals surface area (Å²) in [6.07, 6.45) is -0.577. The molecule has 0 bridgehead atoms. The van der Waals surface area contributed by atoms with Crippen LogP contribution in [0.2, 0.25) is 0 Å². The Morgan fingerprint density at radius 2 is 1.60 bits per heavy atom. The molecule has 0 aliphatic heterocycles. The van der Waals surface area contributed by atoms with Gasteiger partial charge in [-0.3, -0.25) is 5.32 Å². The normalized spacial score (nSPS) is 10.1. The Hall–Kier alpha value is -3.47. The second kappa shape index (κ2) is 7.40. The highest BCUT2D eigenvalue weighted by atomic mass is 16.6. The number of amides is 1. The van der Waals surface area contributed by atoms with Gasteiger partial charge in [-0.15, -0.1) is 0 Å². The van der Waals surface area contributed by atoms with E-state index in [1.807, 2.05) is 36.4 Å². The first-order valence-electron chi connectivity index (χ1n) is 7.73. The summed E-state index contributed by atoms with van der Waals surface area (Å²) in [7, 11) is 1.58. The summed E-state index contributed by atoms with van der Waals surface area (Å²) in [6, 6.07) is 21.8. The zero-order valence-corrected chi connectivity index (χ0v) is 13.7. The maximum absolute atomic E-state index is 12.2. The molecular weight excluding hydrogens is 316 g/mol. The number of rotatable bonds is 4. The molecule has 0 radical (unpaired) electrons. The van der Waals surface area contributed by atoms with Crippen molar-refractivity contribution in [3.05, 3.63) is 72.8 Å². The van der Waals surface area contributed by atoms with Gasteiger partial charge in [0.05, 0.1) is 12.8 Å². The Morgan fingerprint density at radius 1 is 0.920 bits per heavy atom. The van der Waals surface area contributed by atoms with E-state index in [0.29, 0.717) is 22.9 Å². The van der Waals surface area contributed by atoms with E-state index < -0.39 is 6.09 Å². The molecule has 5 nitrogen and oxygen atoms in total. The van der Waals surface area contributed by atoms with E-state index >= 15 is 0 Å². The van der Waals surface area contributed by atoms with Crippen LogP contribution in [-0.4, -0.2) is 13.2 Å². The molecule has 3 aromatic carbocycles. The number of hydrogen-bond donors (Lipinski definition) is 2. The average Bonchev–Trinajstić information content (AvgIpc) is 2.64. The Balaban J connectivity index is 1.79. The van der Waals surface area contributed by atoms with E-state index in [1.165, 1.54) is 0 Å². The minimum absolute atomic E-state index is 0.426. The van der Waals surface area contributed by atoms with Gasteiger partial charge >= 0.3 is 6.09 Å². The van der Waals surface area contributed by atoms with E-state index in [-0.39, 0.29) is 0 Å².